The molecule has 7 nitrogen and oxygen atoms in total. The lowest BCUT2D eigenvalue weighted by Gasteiger charge is -2.28. The maximum Gasteiger partial charge on any atom is 0.309 e. The van der Waals surface area contributed by atoms with Gasteiger partial charge in [0.2, 0.25) is 0 Å². The predicted octanol–water partition coefficient (Wildman–Crippen LogP) is 4.03. The van der Waals surface area contributed by atoms with Crippen molar-refractivity contribution in [3.63, 3.8) is 0 Å². The summed E-state index contributed by atoms with van der Waals surface area (Å²) in [6.07, 6.45) is 3.78. The molecule has 1 aliphatic rings. The topological polar surface area (TPSA) is 77.1 Å². The van der Waals surface area contributed by atoms with Gasteiger partial charge in [0.25, 0.3) is 5.91 Å². The molecule has 1 amide bonds. The number of esters is 1. The second-order valence-corrected chi connectivity index (χ2v) is 7.31. The highest BCUT2D eigenvalue weighted by Crippen LogP contribution is 2.22. The molecule has 1 saturated heterocycles. The van der Waals surface area contributed by atoms with E-state index in [4.69, 9.17) is 14.2 Å². The number of carbonyl (C=O) groups excluding carboxylic acids is 2. The average Bonchev–Trinajstić information content (AvgIpc) is 2.80. The number of anilines is 2. The van der Waals surface area contributed by atoms with Crippen molar-refractivity contribution in [3.05, 3.63) is 48.5 Å². The smallest absolute Gasteiger partial charge is 0.309 e. The predicted molar refractivity (Wildman–Crippen MR) is 120 cm³/mol. The van der Waals surface area contributed by atoms with Crippen molar-refractivity contribution in [2.24, 2.45) is 0 Å². The van der Waals surface area contributed by atoms with Crippen LogP contribution in [-0.2, 0) is 14.3 Å². The summed E-state index contributed by atoms with van der Waals surface area (Å²) in [5, 5.41) is 2.75. The molecular formula is C24H30N2O5. The molecule has 1 fully saturated rings. The summed E-state index contributed by atoms with van der Waals surface area (Å²) in [6.45, 7) is 4.52. The number of carbonyl (C=O) groups is 2. The fourth-order valence-electron chi connectivity index (χ4n) is 3.37. The van der Waals surface area contributed by atoms with Gasteiger partial charge < -0.3 is 24.4 Å². The zero-order valence-electron chi connectivity index (χ0n) is 18.0. The molecule has 3 rings (SSSR count). The van der Waals surface area contributed by atoms with E-state index < -0.39 is 5.97 Å². The number of ether oxygens (including phenoxy) is 3. The van der Waals surface area contributed by atoms with E-state index in [-0.39, 0.29) is 25.5 Å². The summed E-state index contributed by atoms with van der Waals surface area (Å²) >= 11 is 0. The Morgan fingerprint density at radius 1 is 0.903 bits per heavy atom. The fraction of sp³-hybridized carbons (Fsp3) is 0.417. The summed E-state index contributed by atoms with van der Waals surface area (Å²) in [5.74, 6) is 0.552. The van der Waals surface area contributed by atoms with Crippen LogP contribution in [0.4, 0.5) is 11.4 Å². The molecule has 1 heterocycles. The molecule has 1 aliphatic heterocycles. The molecule has 31 heavy (non-hydrogen) atoms. The molecule has 7 heteroatoms. The third-order valence-corrected chi connectivity index (χ3v) is 4.95. The molecule has 0 unspecified atom stereocenters. The number of rotatable bonds is 10. The van der Waals surface area contributed by atoms with Crippen LogP contribution in [0.25, 0.3) is 0 Å². The van der Waals surface area contributed by atoms with E-state index in [2.05, 4.69) is 10.2 Å². The molecule has 0 spiro atoms. The van der Waals surface area contributed by atoms with Crippen LogP contribution in [-0.4, -0.2) is 44.8 Å². The van der Waals surface area contributed by atoms with E-state index in [9.17, 15) is 9.59 Å². The molecule has 0 bridgehead atoms. The van der Waals surface area contributed by atoms with E-state index in [1.54, 1.807) is 24.3 Å². The number of hydrogen-bond donors (Lipinski definition) is 1. The van der Waals surface area contributed by atoms with Crippen LogP contribution >= 0.6 is 0 Å². The number of piperidine rings is 1. The third-order valence-electron chi connectivity index (χ3n) is 4.95. The zero-order chi connectivity index (χ0) is 21.9. The van der Waals surface area contributed by atoms with Gasteiger partial charge in [0.05, 0.1) is 19.6 Å². The SMILES string of the molecule is CCOc1ccc(OCCC(=O)OCC(=O)Nc2ccc(N3CCCCC3)cc2)cc1. The molecule has 2 aromatic rings. The van der Waals surface area contributed by atoms with Gasteiger partial charge >= 0.3 is 5.97 Å². The van der Waals surface area contributed by atoms with Crippen LogP contribution in [0.1, 0.15) is 32.6 Å². The van der Waals surface area contributed by atoms with Gasteiger partial charge in [0.1, 0.15) is 11.5 Å². The lowest BCUT2D eigenvalue weighted by Crippen LogP contribution is -2.29. The molecule has 1 N–H and O–H groups in total. The Hall–Kier alpha value is -3.22. The van der Waals surface area contributed by atoms with Crippen molar-refractivity contribution in [1.82, 2.24) is 0 Å². The minimum atomic E-state index is -0.485. The number of amides is 1. The van der Waals surface area contributed by atoms with E-state index in [0.717, 1.165) is 24.5 Å². The molecule has 0 radical (unpaired) electrons. The van der Waals surface area contributed by atoms with Gasteiger partial charge in [-0.2, -0.15) is 0 Å². The normalized spacial score (nSPS) is 13.4. The number of nitrogens with one attached hydrogen (secondary N) is 1. The summed E-state index contributed by atoms with van der Waals surface area (Å²) in [6, 6.07) is 14.9. The number of nitrogens with zero attached hydrogens (tertiary/aromatic N) is 1. The van der Waals surface area contributed by atoms with Gasteiger partial charge in [-0.05, 0) is 74.7 Å². The van der Waals surface area contributed by atoms with Crippen LogP contribution < -0.4 is 19.7 Å². The standard InChI is InChI=1S/C24H30N2O5/c1-2-29-21-10-12-22(13-11-21)30-17-14-24(28)31-18-23(27)25-19-6-8-20(9-7-19)26-15-4-3-5-16-26/h6-13H,2-5,14-18H2,1H3,(H,25,27). The first-order valence-electron chi connectivity index (χ1n) is 10.8. The van der Waals surface area contributed by atoms with Gasteiger partial charge in [0.15, 0.2) is 6.61 Å². The van der Waals surface area contributed by atoms with E-state index in [0.29, 0.717) is 18.0 Å². The first-order valence-corrected chi connectivity index (χ1v) is 10.8. The Balaban J connectivity index is 1.32. The van der Waals surface area contributed by atoms with E-state index >= 15 is 0 Å². The summed E-state index contributed by atoms with van der Waals surface area (Å²) < 4.78 is 15.9. The van der Waals surface area contributed by atoms with Crippen LogP contribution in [0.5, 0.6) is 11.5 Å². The van der Waals surface area contributed by atoms with E-state index in [1.807, 2.05) is 31.2 Å². The number of benzene rings is 2. The maximum absolute atomic E-state index is 12.0. The Kier molecular flexibility index (Phi) is 8.58. The van der Waals surface area contributed by atoms with Gasteiger partial charge in [0, 0.05) is 24.5 Å². The van der Waals surface area contributed by atoms with Gasteiger partial charge in [-0.1, -0.05) is 0 Å². The van der Waals surface area contributed by atoms with Crippen LogP contribution in [0.3, 0.4) is 0 Å². The highest BCUT2D eigenvalue weighted by atomic mass is 16.5. The molecular weight excluding hydrogens is 396 g/mol. The van der Waals surface area contributed by atoms with E-state index in [1.165, 1.54) is 19.3 Å². The molecule has 0 aliphatic carbocycles. The Morgan fingerprint density at radius 2 is 1.55 bits per heavy atom. The molecule has 0 aromatic heterocycles. The largest absolute Gasteiger partial charge is 0.494 e. The third kappa shape index (κ3) is 7.51. The van der Waals surface area contributed by atoms with Crippen molar-refractivity contribution in [2.75, 3.05) is 43.1 Å². The fourth-order valence-corrected chi connectivity index (χ4v) is 3.37. The summed E-state index contributed by atoms with van der Waals surface area (Å²) in [7, 11) is 0. The van der Waals surface area contributed by atoms with Crippen molar-refractivity contribution >= 4 is 23.3 Å². The maximum atomic E-state index is 12.0. The first-order chi connectivity index (χ1) is 15.1. The van der Waals surface area contributed by atoms with Gasteiger partial charge in [-0.3, -0.25) is 9.59 Å². The van der Waals surface area contributed by atoms with Crippen molar-refractivity contribution < 1.29 is 23.8 Å². The van der Waals surface area contributed by atoms with Crippen LogP contribution in [0, 0.1) is 0 Å². The molecule has 2 aromatic carbocycles. The zero-order valence-corrected chi connectivity index (χ0v) is 18.0. The minimum absolute atomic E-state index is 0.0605. The lowest BCUT2D eigenvalue weighted by atomic mass is 10.1. The Morgan fingerprint density at radius 3 is 2.19 bits per heavy atom. The second kappa shape index (κ2) is 11.8. The van der Waals surface area contributed by atoms with Crippen LogP contribution in [0.15, 0.2) is 48.5 Å². The molecule has 166 valence electrons. The average molecular weight is 427 g/mol. The quantitative estimate of drug-likeness (QED) is 0.578. The second-order valence-electron chi connectivity index (χ2n) is 7.31. The highest BCUT2D eigenvalue weighted by Gasteiger charge is 2.12. The van der Waals surface area contributed by atoms with Gasteiger partial charge in [-0.15, -0.1) is 0 Å². The Labute approximate surface area is 183 Å². The monoisotopic (exact) mass is 426 g/mol. The van der Waals surface area contributed by atoms with Crippen LogP contribution in [0.2, 0.25) is 0 Å². The first kappa shape index (κ1) is 22.5. The minimum Gasteiger partial charge on any atom is -0.494 e. The van der Waals surface area contributed by atoms with Gasteiger partial charge in [-0.25, -0.2) is 0 Å². The van der Waals surface area contributed by atoms with Crippen molar-refractivity contribution in [3.8, 4) is 11.5 Å². The summed E-state index contributed by atoms with van der Waals surface area (Å²) in [4.78, 5) is 26.2. The number of hydrogen-bond acceptors (Lipinski definition) is 6. The van der Waals surface area contributed by atoms with Crippen molar-refractivity contribution in [1.29, 1.82) is 0 Å². The lowest BCUT2D eigenvalue weighted by molar-refractivity contribution is -0.147. The summed E-state index contributed by atoms with van der Waals surface area (Å²) in [5.41, 5.74) is 1.84. The van der Waals surface area contributed by atoms with Crippen molar-refractivity contribution in [2.45, 2.75) is 32.6 Å². The Bertz CT molecular complexity index is 830. The molecule has 0 saturated carbocycles. The highest BCUT2D eigenvalue weighted by molar-refractivity contribution is 5.92. The molecule has 0 atom stereocenters.